The van der Waals surface area contributed by atoms with E-state index in [2.05, 4.69) is 34.5 Å². The van der Waals surface area contributed by atoms with Gasteiger partial charge in [-0.2, -0.15) is 0 Å². The fraction of sp³-hybridized carbons (Fsp3) is 0.391. The molecule has 0 saturated carbocycles. The van der Waals surface area contributed by atoms with Gasteiger partial charge in [-0.3, -0.25) is 14.5 Å². The van der Waals surface area contributed by atoms with Crippen LogP contribution in [0.2, 0.25) is 0 Å². The maximum Gasteiger partial charge on any atom is 0.234 e. The first-order chi connectivity index (χ1) is 14.1. The summed E-state index contributed by atoms with van der Waals surface area (Å²) in [4.78, 5) is 29.0. The number of hydrogen-bond acceptors (Lipinski definition) is 4. The van der Waals surface area contributed by atoms with Gasteiger partial charge in [-0.15, -0.1) is 11.8 Å². The molecule has 2 amide bonds. The number of rotatable bonds is 7. The fourth-order valence-electron chi connectivity index (χ4n) is 3.46. The van der Waals surface area contributed by atoms with Gasteiger partial charge >= 0.3 is 0 Å². The molecule has 1 heterocycles. The molecular weight excluding hydrogens is 382 g/mol. The van der Waals surface area contributed by atoms with Gasteiger partial charge in [-0.1, -0.05) is 42.5 Å². The summed E-state index contributed by atoms with van der Waals surface area (Å²) in [5.41, 5.74) is 3.21. The second-order valence-electron chi connectivity index (χ2n) is 7.41. The lowest BCUT2D eigenvalue weighted by Gasteiger charge is -2.22. The molecule has 0 unspecified atom stereocenters. The van der Waals surface area contributed by atoms with Crippen LogP contribution < -0.4 is 5.32 Å². The monoisotopic (exact) mass is 411 g/mol. The Bertz CT molecular complexity index is 813. The van der Waals surface area contributed by atoms with E-state index in [-0.39, 0.29) is 17.6 Å². The molecule has 5 nitrogen and oxygen atoms in total. The zero-order valence-corrected chi connectivity index (χ0v) is 17.8. The second-order valence-corrected chi connectivity index (χ2v) is 8.39. The van der Waals surface area contributed by atoms with Crippen molar-refractivity contribution in [2.24, 2.45) is 0 Å². The highest BCUT2D eigenvalue weighted by Gasteiger charge is 2.19. The summed E-state index contributed by atoms with van der Waals surface area (Å²) in [6.07, 6.45) is 0.983. The Kier molecular flexibility index (Phi) is 8.14. The predicted octanol–water partition coefficient (Wildman–Crippen LogP) is 3.40. The SMILES string of the molecule is Cc1cccc(NC(=O)CSCC(=O)N2CCCN(Cc3ccccc3)CC2)c1. The third-order valence-corrected chi connectivity index (χ3v) is 5.87. The summed E-state index contributed by atoms with van der Waals surface area (Å²) >= 11 is 1.38. The largest absolute Gasteiger partial charge is 0.341 e. The highest BCUT2D eigenvalue weighted by atomic mass is 32.2. The summed E-state index contributed by atoms with van der Waals surface area (Å²) in [5, 5.41) is 2.88. The Labute approximate surface area is 177 Å². The van der Waals surface area contributed by atoms with Crippen LogP contribution in [0.15, 0.2) is 54.6 Å². The van der Waals surface area contributed by atoms with E-state index >= 15 is 0 Å². The first-order valence-corrected chi connectivity index (χ1v) is 11.2. The van der Waals surface area contributed by atoms with Crippen molar-refractivity contribution < 1.29 is 9.59 Å². The molecule has 1 N–H and O–H groups in total. The molecule has 154 valence electrons. The minimum atomic E-state index is -0.0710. The number of carbonyl (C=O) groups excluding carboxylic acids is 2. The van der Waals surface area contributed by atoms with Crippen molar-refractivity contribution in [3.05, 3.63) is 65.7 Å². The molecule has 0 radical (unpaired) electrons. The van der Waals surface area contributed by atoms with Crippen LogP contribution in [0.25, 0.3) is 0 Å². The highest BCUT2D eigenvalue weighted by molar-refractivity contribution is 8.00. The average molecular weight is 412 g/mol. The van der Waals surface area contributed by atoms with Crippen LogP contribution in [-0.2, 0) is 16.1 Å². The Hall–Kier alpha value is -2.31. The van der Waals surface area contributed by atoms with E-state index in [0.29, 0.717) is 5.75 Å². The normalized spacial score (nSPS) is 15.0. The first kappa shape index (κ1) is 21.4. The Morgan fingerprint density at radius 3 is 2.59 bits per heavy atom. The van der Waals surface area contributed by atoms with Gasteiger partial charge in [-0.05, 0) is 36.6 Å². The summed E-state index contributed by atoms with van der Waals surface area (Å²) in [6, 6.07) is 18.2. The molecule has 6 heteroatoms. The number of carbonyl (C=O) groups is 2. The van der Waals surface area contributed by atoms with Crippen LogP contribution in [0, 0.1) is 6.92 Å². The lowest BCUT2D eigenvalue weighted by Crippen LogP contribution is -2.36. The van der Waals surface area contributed by atoms with Crippen molar-refractivity contribution in [1.82, 2.24) is 9.80 Å². The molecule has 0 bridgehead atoms. The van der Waals surface area contributed by atoms with Gasteiger partial charge in [0.05, 0.1) is 11.5 Å². The van der Waals surface area contributed by atoms with Crippen LogP contribution in [-0.4, -0.2) is 59.3 Å². The molecule has 1 saturated heterocycles. The molecular formula is C23H29N3O2S. The highest BCUT2D eigenvalue weighted by Crippen LogP contribution is 2.13. The van der Waals surface area contributed by atoms with Gasteiger partial charge in [0.15, 0.2) is 0 Å². The maximum atomic E-state index is 12.6. The van der Waals surface area contributed by atoms with Crippen LogP contribution in [0.3, 0.4) is 0 Å². The number of benzene rings is 2. The van der Waals surface area contributed by atoms with Crippen LogP contribution in [0.4, 0.5) is 5.69 Å². The van der Waals surface area contributed by atoms with Crippen molar-refractivity contribution >= 4 is 29.3 Å². The molecule has 0 atom stereocenters. The third kappa shape index (κ3) is 7.22. The molecule has 2 aromatic rings. The number of aryl methyl sites for hydroxylation is 1. The van der Waals surface area contributed by atoms with Gasteiger partial charge in [-0.25, -0.2) is 0 Å². The number of nitrogens with one attached hydrogen (secondary N) is 1. The zero-order chi connectivity index (χ0) is 20.5. The molecule has 0 spiro atoms. The number of thioether (sulfide) groups is 1. The van der Waals surface area contributed by atoms with Gasteiger partial charge in [0.1, 0.15) is 0 Å². The Morgan fingerprint density at radius 2 is 1.79 bits per heavy atom. The van der Waals surface area contributed by atoms with E-state index in [1.165, 1.54) is 17.3 Å². The van der Waals surface area contributed by atoms with E-state index in [1.54, 1.807) is 0 Å². The quantitative estimate of drug-likeness (QED) is 0.759. The molecule has 29 heavy (non-hydrogen) atoms. The summed E-state index contributed by atoms with van der Waals surface area (Å²) in [6.45, 7) is 6.35. The summed E-state index contributed by atoms with van der Waals surface area (Å²) in [5.74, 6) is 0.686. The van der Waals surface area contributed by atoms with Gasteiger partial charge in [0, 0.05) is 38.4 Å². The number of amides is 2. The van der Waals surface area contributed by atoms with Gasteiger partial charge < -0.3 is 10.2 Å². The maximum absolute atomic E-state index is 12.6. The van der Waals surface area contributed by atoms with Crippen molar-refractivity contribution in [1.29, 1.82) is 0 Å². The molecule has 1 fully saturated rings. The number of anilines is 1. The lowest BCUT2D eigenvalue weighted by atomic mass is 10.2. The fourth-order valence-corrected chi connectivity index (χ4v) is 4.18. The topological polar surface area (TPSA) is 52.7 Å². The molecule has 1 aliphatic heterocycles. The summed E-state index contributed by atoms with van der Waals surface area (Å²) in [7, 11) is 0. The molecule has 0 aromatic heterocycles. The smallest absolute Gasteiger partial charge is 0.234 e. The molecule has 2 aromatic carbocycles. The summed E-state index contributed by atoms with van der Waals surface area (Å²) < 4.78 is 0. The van der Waals surface area contributed by atoms with Crippen molar-refractivity contribution in [3.63, 3.8) is 0 Å². The molecule has 1 aliphatic rings. The zero-order valence-electron chi connectivity index (χ0n) is 17.0. The third-order valence-electron chi connectivity index (χ3n) is 4.95. The van der Waals surface area contributed by atoms with Crippen molar-refractivity contribution in [2.75, 3.05) is 43.0 Å². The van der Waals surface area contributed by atoms with Crippen LogP contribution in [0.5, 0.6) is 0 Å². The standard InChI is InChI=1S/C23H29N3O2S/c1-19-7-5-10-21(15-19)24-22(27)17-29-18-23(28)26-12-6-11-25(13-14-26)16-20-8-3-2-4-9-20/h2-5,7-10,15H,6,11-14,16-18H2,1H3,(H,24,27). The first-order valence-electron chi connectivity index (χ1n) is 10.1. The van der Waals surface area contributed by atoms with Crippen LogP contribution >= 0.6 is 11.8 Å². The lowest BCUT2D eigenvalue weighted by molar-refractivity contribution is -0.128. The van der Waals surface area contributed by atoms with Gasteiger partial charge in [0.2, 0.25) is 11.8 Å². The van der Waals surface area contributed by atoms with E-state index < -0.39 is 0 Å². The van der Waals surface area contributed by atoms with Gasteiger partial charge in [0.25, 0.3) is 0 Å². The van der Waals surface area contributed by atoms with E-state index in [1.807, 2.05) is 42.2 Å². The predicted molar refractivity (Wildman–Crippen MR) is 120 cm³/mol. The number of nitrogens with zero attached hydrogens (tertiary/aromatic N) is 2. The number of hydrogen-bond donors (Lipinski definition) is 1. The van der Waals surface area contributed by atoms with E-state index in [9.17, 15) is 9.59 Å². The molecule has 0 aliphatic carbocycles. The Balaban J connectivity index is 1.37. The second kappa shape index (κ2) is 11.0. The van der Waals surface area contributed by atoms with Crippen LogP contribution in [0.1, 0.15) is 17.5 Å². The minimum absolute atomic E-state index is 0.0710. The van der Waals surface area contributed by atoms with E-state index in [0.717, 1.165) is 50.4 Å². The minimum Gasteiger partial charge on any atom is -0.341 e. The van der Waals surface area contributed by atoms with E-state index in [4.69, 9.17) is 0 Å². The Morgan fingerprint density at radius 1 is 0.966 bits per heavy atom. The van der Waals surface area contributed by atoms with Crippen molar-refractivity contribution in [3.8, 4) is 0 Å². The molecule has 3 rings (SSSR count). The van der Waals surface area contributed by atoms with Crippen molar-refractivity contribution in [2.45, 2.75) is 19.9 Å². The average Bonchev–Trinajstić information content (AvgIpc) is 2.94.